The summed E-state index contributed by atoms with van der Waals surface area (Å²) >= 11 is 0. The van der Waals surface area contributed by atoms with E-state index in [0.717, 1.165) is 24.3 Å². The van der Waals surface area contributed by atoms with E-state index in [-0.39, 0.29) is 60.7 Å². The third-order valence-corrected chi connectivity index (χ3v) is 5.45. The van der Waals surface area contributed by atoms with Gasteiger partial charge in [0.25, 0.3) is 17.7 Å². The van der Waals surface area contributed by atoms with E-state index in [1.807, 2.05) is 0 Å². The number of halogens is 1. The van der Waals surface area contributed by atoms with Gasteiger partial charge in [0, 0.05) is 19.0 Å². The van der Waals surface area contributed by atoms with Crippen molar-refractivity contribution in [1.29, 1.82) is 0 Å². The molecule has 0 aromatic heterocycles. The fraction of sp³-hybridized carbons (Fsp3) is 0.450. The lowest BCUT2D eigenvalue weighted by molar-refractivity contribution is -0.136. The second-order valence-corrected chi connectivity index (χ2v) is 7.53. The van der Waals surface area contributed by atoms with Crippen LogP contribution in [-0.2, 0) is 14.4 Å². The summed E-state index contributed by atoms with van der Waals surface area (Å²) in [5.74, 6) is -2.61. The Morgan fingerprint density at radius 2 is 1.97 bits per heavy atom. The van der Waals surface area contributed by atoms with Crippen molar-refractivity contribution >= 4 is 41.9 Å². The van der Waals surface area contributed by atoms with E-state index in [0.29, 0.717) is 6.54 Å². The number of ether oxygens (including phenoxy) is 1. The van der Waals surface area contributed by atoms with Crippen LogP contribution in [0.3, 0.4) is 0 Å². The van der Waals surface area contributed by atoms with Gasteiger partial charge in [0.1, 0.15) is 11.8 Å². The highest BCUT2D eigenvalue weighted by Crippen LogP contribution is 2.33. The van der Waals surface area contributed by atoms with Gasteiger partial charge in [0.15, 0.2) is 6.61 Å². The fourth-order valence-corrected chi connectivity index (χ4v) is 3.99. The number of nitrogens with one attached hydrogen (secondary N) is 3. The second kappa shape index (κ2) is 9.44. The Hall–Kier alpha value is -2.98. The standard InChI is InChI=1S/C20H22N4O6.ClH/c25-15-7-6-13(18(27)23-15)24-19(28)12-4-1-5-14(17(12)20(24)29)30-10-16(26)22-11-3-2-8-21-9-11;/h1,4-5,11,13,21H,2-3,6-10H2,(H,22,26)(H,23,25,27);1H/t11-,13?;/m1./s1. The molecule has 4 rings (SSSR count). The summed E-state index contributed by atoms with van der Waals surface area (Å²) in [5, 5.41) is 8.23. The third kappa shape index (κ3) is 4.54. The smallest absolute Gasteiger partial charge is 0.266 e. The second-order valence-electron chi connectivity index (χ2n) is 7.53. The highest BCUT2D eigenvalue weighted by atomic mass is 35.5. The Morgan fingerprint density at radius 1 is 1.16 bits per heavy atom. The molecule has 31 heavy (non-hydrogen) atoms. The van der Waals surface area contributed by atoms with Crippen molar-refractivity contribution < 1.29 is 28.7 Å². The minimum atomic E-state index is -1.05. The largest absolute Gasteiger partial charge is 0.483 e. The van der Waals surface area contributed by atoms with Gasteiger partial charge in [0.05, 0.1) is 11.1 Å². The number of amides is 5. The minimum Gasteiger partial charge on any atom is -0.483 e. The maximum atomic E-state index is 13.0. The van der Waals surface area contributed by atoms with Crippen molar-refractivity contribution in [2.45, 2.75) is 37.8 Å². The van der Waals surface area contributed by atoms with Crippen LogP contribution in [0.5, 0.6) is 5.75 Å². The monoisotopic (exact) mass is 450 g/mol. The number of imide groups is 2. The molecule has 3 aliphatic rings. The first-order valence-electron chi connectivity index (χ1n) is 9.93. The van der Waals surface area contributed by atoms with E-state index in [4.69, 9.17) is 4.74 Å². The lowest BCUT2D eigenvalue weighted by atomic mass is 10.0. The zero-order chi connectivity index (χ0) is 21.3. The van der Waals surface area contributed by atoms with Gasteiger partial charge in [-0.25, -0.2) is 0 Å². The van der Waals surface area contributed by atoms with Crippen LogP contribution in [0.2, 0.25) is 0 Å². The van der Waals surface area contributed by atoms with Gasteiger partial charge in [-0.05, 0) is 37.9 Å². The third-order valence-electron chi connectivity index (χ3n) is 5.45. The maximum absolute atomic E-state index is 13.0. The molecule has 3 aliphatic heterocycles. The molecule has 3 heterocycles. The molecule has 1 aromatic rings. The molecular weight excluding hydrogens is 428 g/mol. The molecule has 0 spiro atoms. The number of benzene rings is 1. The minimum absolute atomic E-state index is 0. The molecule has 0 bridgehead atoms. The van der Waals surface area contributed by atoms with Crippen LogP contribution in [0.4, 0.5) is 0 Å². The summed E-state index contributed by atoms with van der Waals surface area (Å²) in [4.78, 5) is 62.4. The average molecular weight is 451 g/mol. The highest BCUT2D eigenvalue weighted by molar-refractivity contribution is 6.24. The molecule has 0 saturated carbocycles. The predicted octanol–water partition coefficient (Wildman–Crippen LogP) is -0.243. The van der Waals surface area contributed by atoms with Gasteiger partial charge < -0.3 is 15.4 Å². The molecule has 1 unspecified atom stereocenters. The maximum Gasteiger partial charge on any atom is 0.266 e. The van der Waals surface area contributed by atoms with E-state index in [9.17, 15) is 24.0 Å². The molecule has 0 aliphatic carbocycles. The molecule has 11 heteroatoms. The van der Waals surface area contributed by atoms with E-state index in [1.165, 1.54) is 12.1 Å². The first-order valence-corrected chi connectivity index (χ1v) is 9.93. The molecule has 1 aromatic carbocycles. The van der Waals surface area contributed by atoms with Crippen LogP contribution >= 0.6 is 12.4 Å². The normalized spacial score (nSPS) is 23.0. The molecule has 2 saturated heterocycles. The van der Waals surface area contributed by atoms with Gasteiger partial charge in [-0.3, -0.25) is 34.2 Å². The number of hydrogen-bond donors (Lipinski definition) is 3. The van der Waals surface area contributed by atoms with E-state index < -0.39 is 29.7 Å². The van der Waals surface area contributed by atoms with Gasteiger partial charge in [-0.15, -0.1) is 12.4 Å². The summed E-state index contributed by atoms with van der Waals surface area (Å²) < 4.78 is 5.56. The fourth-order valence-electron chi connectivity index (χ4n) is 3.99. The molecule has 0 radical (unpaired) electrons. The van der Waals surface area contributed by atoms with E-state index in [2.05, 4.69) is 16.0 Å². The van der Waals surface area contributed by atoms with Crippen molar-refractivity contribution in [2.75, 3.05) is 19.7 Å². The van der Waals surface area contributed by atoms with Gasteiger partial charge >= 0.3 is 0 Å². The molecule has 10 nitrogen and oxygen atoms in total. The van der Waals surface area contributed by atoms with Crippen LogP contribution in [0, 0.1) is 0 Å². The number of fused-ring (bicyclic) bond motifs is 1. The van der Waals surface area contributed by atoms with Crippen LogP contribution < -0.4 is 20.7 Å². The zero-order valence-electron chi connectivity index (χ0n) is 16.6. The van der Waals surface area contributed by atoms with E-state index >= 15 is 0 Å². The van der Waals surface area contributed by atoms with Crippen LogP contribution in [0.1, 0.15) is 46.4 Å². The quantitative estimate of drug-likeness (QED) is 0.527. The number of piperidine rings is 2. The number of rotatable bonds is 5. The summed E-state index contributed by atoms with van der Waals surface area (Å²) in [6.45, 7) is 1.33. The Kier molecular flexibility index (Phi) is 6.91. The van der Waals surface area contributed by atoms with E-state index in [1.54, 1.807) is 6.07 Å². The number of carbonyl (C=O) groups is 5. The van der Waals surface area contributed by atoms with Crippen molar-refractivity contribution in [2.24, 2.45) is 0 Å². The van der Waals surface area contributed by atoms with Gasteiger partial charge in [-0.2, -0.15) is 0 Å². The lowest BCUT2D eigenvalue weighted by Gasteiger charge is -2.27. The van der Waals surface area contributed by atoms with Crippen molar-refractivity contribution in [3.63, 3.8) is 0 Å². The topological polar surface area (TPSA) is 134 Å². The Balaban J connectivity index is 0.00000272. The highest BCUT2D eigenvalue weighted by Gasteiger charge is 2.46. The van der Waals surface area contributed by atoms with Gasteiger partial charge in [0.2, 0.25) is 11.8 Å². The van der Waals surface area contributed by atoms with Crippen molar-refractivity contribution in [1.82, 2.24) is 20.9 Å². The molecule has 166 valence electrons. The van der Waals surface area contributed by atoms with Crippen molar-refractivity contribution in [3.8, 4) is 5.75 Å². The molecule has 5 amide bonds. The average Bonchev–Trinajstić information content (AvgIpc) is 2.98. The lowest BCUT2D eigenvalue weighted by Crippen LogP contribution is -2.54. The molecule has 2 atom stereocenters. The summed E-state index contributed by atoms with van der Waals surface area (Å²) in [5.41, 5.74) is 0.137. The zero-order valence-corrected chi connectivity index (χ0v) is 17.5. The van der Waals surface area contributed by atoms with Crippen molar-refractivity contribution in [3.05, 3.63) is 29.3 Å². The van der Waals surface area contributed by atoms with Crippen LogP contribution in [-0.4, -0.2) is 66.2 Å². The molecular formula is C20H23ClN4O6. The Morgan fingerprint density at radius 3 is 2.68 bits per heavy atom. The first kappa shape index (κ1) is 22.7. The van der Waals surface area contributed by atoms with Crippen LogP contribution in [0.15, 0.2) is 18.2 Å². The molecule has 2 fully saturated rings. The molecule has 3 N–H and O–H groups in total. The van der Waals surface area contributed by atoms with Crippen LogP contribution in [0.25, 0.3) is 0 Å². The summed E-state index contributed by atoms with van der Waals surface area (Å²) in [7, 11) is 0. The number of nitrogens with zero attached hydrogens (tertiary/aromatic N) is 1. The van der Waals surface area contributed by atoms with Gasteiger partial charge in [-0.1, -0.05) is 6.07 Å². The SMILES string of the molecule is Cl.O=C1CCC(N2C(=O)c3cccc(OCC(=O)N[C@@H]4CCCNC4)c3C2=O)C(=O)N1. The summed E-state index contributed by atoms with van der Waals surface area (Å²) in [6.07, 6.45) is 1.98. The number of carbonyl (C=O) groups excluding carboxylic acids is 5. The Labute approximate surface area is 184 Å². The number of hydrogen-bond acceptors (Lipinski definition) is 7. The summed E-state index contributed by atoms with van der Waals surface area (Å²) in [6, 6.07) is 3.51. The first-order chi connectivity index (χ1) is 14.5. The Bertz CT molecular complexity index is 930. The predicted molar refractivity (Wildman–Crippen MR) is 110 cm³/mol.